The number of carbonyl (C=O) groups is 1. The molecule has 1 unspecified atom stereocenters. The van der Waals surface area contributed by atoms with E-state index in [0.29, 0.717) is 9.87 Å². The number of amides is 2. The molecule has 1 aromatic rings. The van der Waals surface area contributed by atoms with Crippen molar-refractivity contribution in [1.82, 2.24) is 4.31 Å². The second kappa shape index (κ2) is 4.73. The molecule has 5 nitrogen and oxygen atoms in total. The van der Waals surface area contributed by atoms with E-state index < -0.39 is 17.3 Å². The Balaban J connectivity index is 2.75. The van der Waals surface area contributed by atoms with Crippen molar-refractivity contribution in [2.75, 3.05) is 0 Å². The molecular formula is C8H9N2O3S-. The van der Waals surface area contributed by atoms with Crippen LogP contribution in [0.15, 0.2) is 30.3 Å². The lowest BCUT2D eigenvalue weighted by Gasteiger charge is -2.21. The standard InChI is InChI=1S/C8H10N2O3S/c9-8(11)10(14(12)13)6-7-4-2-1-3-5-7/h1-5H,6H2,(H2,9,11)(H,12,13)/p-1. The topological polar surface area (TPSA) is 86.5 Å². The Hall–Kier alpha value is -1.40. The lowest BCUT2D eigenvalue weighted by Crippen LogP contribution is -2.36. The number of carbonyl (C=O) groups excluding carboxylic acids is 1. The molecule has 0 aliphatic carbocycles. The highest BCUT2D eigenvalue weighted by atomic mass is 32.2. The van der Waals surface area contributed by atoms with Crippen LogP contribution >= 0.6 is 0 Å². The van der Waals surface area contributed by atoms with Crippen LogP contribution in [0.2, 0.25) is 0 Å². The first-order valence-corrected chi connectivity index (χ1v) is 4.84. The largest absolute Gasteiger partial charge is 0.755 e. The molecule has 6 heteroatoms. The molecule has 0 saturated heterocycles. The lowest BCUT2D eigenvalue weighted by molar-refractivity contribution is 0.230. The highest BCUT2D eigenvalue weighted by Crippen LogP contribution is 2.05. The summed E-state index contributed by atoms with van der Waals surface area (Å²) in [5.41, 5.74) is 5.58. The zero-order valence-corrected chi connectivity index (χ0v) is 8.07. The maximum absolute atomic E-state index is 10.7. The molecule has 0 aliphatic heterocycles. The molecule has 0 fully saturated rings. The number of rotatable bonds is 3. The van der Waals surface area contributed by atoms with Gasteiger partial charge in [0.1, 0.15) is 0 Å². The second-order valence-corrected chi connectivity index (χ2v) is 3.45. The van der Waals surface area contributed by atoms with E-state index >= 15 is 0 Å². The molecule has 2 N–H and O–H groups in total. The van der Waals surface area contributed by atoms with E-state index in [2.05, 4.69) is 0 Å². The smallest absolute Gasteiger partial charge is 0.326 e. The quantitative estimate of drug-likeness (QED) is 0.735. The SMILES string of the molecule is NC(=O)N(Cc1ccccc1)S(=O)[O-]. The minimum Gasteiger partial charge on any atom is -0.755 e. The third-order valence-electron chi connectivity index (χ3n) is 1.59. The van der Waals surface area contributed by atoms with Gasteiger partial charge in [0.25, 0.3) is 0 Å². The molecule has 2 amide bonds. The summed E-state index contributed by atoms with van der Waals surface area (Å²) >= 11 is -2.63. The molecule has 1 atom stereocenters. The number of hydrogen-bond donors (Lipinski definition) is 1. The van der Waals surface area contributed by atoms with Crippen LogP contribution < -0.4 is 5.73 Å². The van der Waals surface area contributed by atoms with Gasteiger partial charge in [-0.25, -0.2) is 4.79 Å². The summed E-state index contributed by atoms with van der Waals surface area (Å²) in [7, 11) is 0. The third kappa shape index (κ3) is 2.82. The number of urea groups is 1. The first-order chi connectivity index (χ1) is 6.61. The van der Waals surface area contributed by atoms with Crippen LogP contribution in [0, 0.1) is 0 Å². The summed E-state index contributed by atoms with van der Waals surface area (Å²) in [4.78, 5) is 10.7. The number of nitrogens with zero attached hydrogens (tertiary/aromatic N) is 1. The number of benzene rings is 1. The van der Waals surface area contributed by atoms with Crippen LogP contribution in [0.4, 0.5) is 4.79 Å². The molecule has 0 saturated carbocycles. The van der Waals surface area contributed by atoms with E-state index in [0.717, 1.165) is 0 Å². The summed E-state index contributed by atoms with van der Waals surface area (Å²) < 4.78 is 21.7. The fraction of sp³-hybridized carbons (Fsp3) is 0.125. The lowest BCUT2D eigenvalue weighted by atomic mass is 10.2. The highest BCUT2D eigenvalue weighted by molar-refractivity contribution is 7.77. The molecule has 0 bridgehead atoms. The van der Waals surface area contributed by atoms with Crippen LogP contribution in [0.5, 0.6) is 0 Å². The fourth-order valence-corrected chi connectivity index (χ4v) is 1.35. The van der Waals surface area contributed by atoms with Gasteiger partial charge in [-0.2, -0.15) is 0 Å². The third-order valence-corrected chi connectivity index (χ3v) is 2.26. The Kier molecular flexibility index (Phi) is 3.61. The minimum atomic E-state index is -2.63. The monoisotopic (exact) mass is 213 g/mol. The van der Waals surface area contributed by atoms with E-state index in [4.69, 9.17) is 5.73 Å². The zero-order valence-electron chi connectivity index (χ0n) is 7.25. The van der Waals surface area contributed by atoms with E-state index in [9.17, 15) is 13.6 Å². The van der Waals surface area contributed by atoms with Crippen LogP contribution in [-0.4, -0.2) is 19.1 Å². The minimum absolute atomic E-state index is 0.0354. The summed E-state index contributed by atoms with van der Waals surface area (Å²) in [6.45, 7) is -0.0354. The van der Waals surface area contributed by atoms with E-state index in [1.807, 2.05) is 0 Å². The van der Waals surface area contributed by atoms with Gasteiger partial charge in [0.2, 0.25) is 0 Å². The predicted molar refractivity (Wildman–Crippen MR) is 50.5 cm³/mol. The molecule has 0 aromatic heterocycles. The Labute approximate surface area is 83.9 Å². The molecule has 0 aliphatic rings. The van der Waals surface area contributed by atoms with Crippen LogP contribution in [0.3, 0.4) is 0 Å². The summed E-state index contributed by atoms with van der Waals surface area (Å²) in [5, 5.41) is 0. The fourth-order valence-electron chi connectivity index (χ4n) is 0.953. The molecule has 76 valence electrons. The first kappa shape index (κ1) is 10.7. The molecule has 14 heavy (non-hydrogen) atoms. The molecule has 0 spiro atoms. The molecule has 1 aromatic carbocycles. The van der Waals surface area contributed by atoms with E-state index in [-0.39, 0.29) is 6.54 Å². The maximum Gasteiger partial charge on any atom is 0.326 e. The highest BCUT2D eigenvalue weighted by Gasteiger charge is 2.10. The number of nitrogens with two attached hydrogens (primary N) is 1. The molecule has 0 heterocycles. The van der Waals surface area contributed by atoms with Crippen molar-refractivity contribution in [3.8, 4) is 0 Å². The summed E-state index contributed by atoms with van der Waals surface area (Å²) in [5.74, 6) is 0. The molecular weight excluding hydrogens is 204 g/mol. The van der Waals surface area contributed by atoms with Crippen molar-refractivity contribution in [2.45, 2.75) is 6.54 Å². The second-order valence-electron chi connectivity index (χ2n) is 2.58. The van der Waals surface area contributed by atoms with Gasteiger partial charge in [-0.1, -0.05) is 30.3 Å². The van der Waals surface area contributed by atoms with Gasteiger partial charge < -0.3 is 10.3 Å². The van der Waals surface area contributed by atoms with Crippen LogP contribution in [0.1, 0.15) is 5.56 Å². The van der Waals surface area contributed by atoms with Crippen molar-refractivity contribution in [2.24, 2.45) is 5.73 Å². The van der Waals surface area contributed by atoms with E-state index in [1.165, 1.54) is 0 Å². The van der Waals surface area contributed by atoms with E-state index in [1.54, 1.807) is 30.3 Å². The number of hydrogen-bond acceptors (Lipinski definition) is 3. The van der Waals surface area contributed by atoms with Crippen molar-refractivity contribution < 1.29 is 13.6 Å². The summed E-state index contributed by atoms with van der Waals surface area (Å²) in [6.07, 6.45) is 0. The van der Waals surface area contributed by atoms with Crippen molar-refractivity contribution >= 4 is 17.3 Å². The first-order valence-electron chi connectivity index (χ1n) is 3.81. The Morgan fingerprint density at radius 2 is 2.00 bits per heavy atom. The Morgan fingerprint density at radius 3 is 2.43 bits per heavy atom. The predicted octanol–water partition coefficient (Wildman–Crippen LogP) is 0.361. The Morgan fingerprint density at radius 1 is 1.43 bits per heavy atom. The zero-order chi connectivity index (χ0) is 10.6. The van der Waals surface area contributed by atoms with Gasteiger partial charge in [-0.05, 0) is 5.56 Å². The van der Waals surface area contributed by atoms with Crippen molar-refractivity contribution in [3.63, 3.8) is 0 Å². The van der Waals surface area contributed by atoms with Gasteiger partial charge >= 0.3 is 6.03 Å². The van der Waals surface area contributed by atoms with Gasteiger partial charge in [-0.15, -0.1) is 0 Å². The van der Waals surface area contributed by atoms with Gasteiger partial charge in [0.05, 0.1) is 17.8 Å². The summed E-state index contributed by atoms with van der Waals surface area (Å²) in [6, 6.07) is 7.74. The Bertz CT molecular complexity index is 328. The number of primary amides is 1. The van der Waals surface area contributed by atoms with Crippen LogP contribution in [0.25, 0.3) is 0 Å². The van der Waals surface area contributed by atoms with Crippen molar-refractivity contribution in [1.29, 1.82) is 0 Å². The molecule has 0 radical (unpaired) electrons. The average molecular weight is 213 g/mol. The average Bonchev–Trinajstić information content (AvgIpc) is 2.15. The van der Waals surface area contributed by atoms with Gasteiger partial charge in [-0.3, -0.25) is 8.51 Å². The normalized spacial score (nSPS) is 12.1. The maximum atomic E-state index is 10.7. The molecule has 1 rings (SSSR count). The van der Waals surface area contributed by atoms with Crippen LogP contribution in [-0.2, 0) is 17.8 Å². The van der Waals surface area contributed by atoms with Gasteiger partial charge in [0.15, 0.2) is 0 Å². The van der Waals surface area contributed by atoms with Crippen molar-refractivity contribution in [3.05, 3.63) is 35.9 Å². The van der Waals surface area contributed by atoms with Gasteiger partial charge in [0, 0.05) is 0 Å².